The fourth-order valence-electron chi connectivity index (χ4n) is 1.65. The molecule has 0 saturated carbocycles. The van der Waals surface area contributed by atoms with Gasteiger partial charge in [-0.05, 0) is 43.5 Å². The molecule has 2 nitrogen and oxygen atoms in total. The summed E-state index contributed by atoms with van der Waals surface area (Å²) in [7, 11) is 1.49. The predicted octanol–water partition coefficient (Wildman–Crippen LogP) is 3.53. The van der Waals surface area contributed by atoms with Crippen molar-refractivity contribution in [2.75, 3.05) is 13.7 Å². The van der Waals surface area contributed by atoms with Crippen LogP contribution in [0.1, 0.15) is 38.8 Å². The zero-order chi connectivity index (χ0) is 12.8. The third kappa shape index (κ3) is 4.35. The van der Waals surface area contributed by atoms with Crippen molar-refractivity contribution in [2.24, 2.45) is 5.92 Å². The van der Waals surface area contributed by atoms with Crippen molar-refractivity contribution in [1.82, 2.24) is 5.32 Å². The van der Waals surface area contributed by atoms with E-state index in [0.29, 0.717) is 11.7 Å². The lowest BCUT2D eigenvalue weighted by molar-refractivity contribution is 0.384. The van der Waals surface area contributed by atoms with Gasteiger partial charge in [0.2, 0.25) is 0 Å². The standard InChI is InChI=1S/C14H22FNO/c1-10(2)7-8-16-11(3)12-5-6-13(15)14(9-12)17-4/h5-6,9-11,16H,7-8H2,1-4H3. The van der Waals surface area contributed by atoms with E-state index in [2.05, 4.69) is 26.1 Å². The maximum Gasteiger partial charge on any atom is 0.165 e. The van der Waals surface area contributed by atoms with Gasteiger partial charge in [-0.2, -0.15) is 0 Å². The van der Waals surface area contributed by atoms with Gasteiger partial charge < -0.3 is 10.1 Å². The van der Waals surface area contributed by atoms with Crippen molar-refractivity contribution in [2.45, 2.75) is 33.2 Å². The molecule has 0 aromatic heterocycles. The van der Waals surface area contributed by atoms with Gasteiger partial charge in [-0.25, -0.2) is 4.39 Å². The number of nitrogens with one attached hydrogen (secondary N) is 1. The second-order valence-electron chi connectivity index (χ2n) is 4.75. The predicted molar refractivity (Wildman–Crippen MR) is 68.8 cm³/mol. The lowest BCUT2D eigenvalue weighted by Gasteiger charge is -2.16. The van der Waals surface area contributed by atoms with Crippen molar-refractivity contribution in [3.8, 4) is 5.75 Å². The minimum Gasteiger partial charge on any atom is -0.494 e. The first-order valence-corrected chi connectivity index (χ1v) is 6.11. The van der Waals surface area contributed by atoms with E-state index in [1.165, 1.54) is 13.2 Å². The van der Waals surface area contributed by atoms with Gasteiger partial charge in [0.1, 0.15) is 0 Å². The normalized spacial score (nSPS) is 12.8. The highest BCUT2D eigenvalue weighted by molar-refractivity contribution is 5.31. The Hall–Kier alpha value is -1.09. The van der Waals surface area contributed by atoms with Gasteiger partial charge in [-0.3, -0.25) is 0 Å². The molecule has 0 bridgehead atoms. The van der Waals surface area contributed by atoms with Crippen LogP contribution in [0.4, 0.5) is 4.39 Å². The third-order valence-electron chi connectivity index (χ3n) is 2.85. The zero-order valence-corrected chi connectivity index (χ0v) is 11.1. The average molecular weight is 239 g/mol. The van der Waals surface area contributed by atoms with Crippen molar-refractivity contribution < 1.29 is 9.13 Å². The molecule has 0 fully saturated rings. The molecule has 0 aliphatic heterocycles. The van der Waals surface area contributed by atoms with E-state index in [0.717, 1.165) is 18.5 Å². The van der Waals surface area contributed by atoms with E-state index < -0.39 is 0 Å². The first-order valence-electron chi connectivity index (χ1n) is 6.11. The monoisotopic (exact) mass is 239 g/mol. The summed E-state index contributed by atoms with van der Waals surface area (Å²) in [5.74, 6) is 0.683. The molecular weight excluding hydrogens is 217 g/mol. The minimum absolute atomic E-state index is 0.211. The summed E-state index contributed by atoms with van der Waals surface area (Å²) in [5.41, 5.74) is 1.05. The lowest BCUT2D eigenvalue weighted by Crippen LogP contribution is -2.21. The summed E-state index contributed by atoms with van der Waals surface area (Å²) in [5, 5.41) is 3.42. The summed E-state index contributed by atoms with van der Waals surface area (Å²) in [6.07, 6.45) is 1.14. The molecule has 96 valence electrons. The quantitative estimate of drug-likeness (QED) is 0.820. The average Bonchev–Trinajstić information content (AvgIpc) is 2.29. The van der Waals surface area contributed by atoms with Crippen LogP contribution in [0.3, 0.4) is 0 Å². The molecule has 0 heterocycles. The summed E-state index contributed by atoms with van der Waals surface area (Å²) in [4.78, 5) is 0. The summed E-state index contributed by atoms with van der Waals surface area (Å²) in [6, 6.07) is 5.21. The van der Waals surface area contributed by atoms with Crippen molar-refractivity contribution in [3.05, 3.63) is 29.6 Å². The minimum atomic E-state index is -0.314. The van der Waals surface area contributed by atoms with Crippen LogP contribution in [-0.4, -0.2) is 13.7 Å². The molecule has 0 aliphatic rings. The van der Waals surface area contributed by atoms with Crippen LogP contribution in [0.2, 0.25) is 0 Å². The van der Waals surface area contributed by atoms with E-state index in [1.807, 2.05) is 0 Å². The van der Waals surface area contributed by atoms with Crippen LogP contribution in [0.5, 0.6) is 5.75 Å². The molecule has 0 spiro atoms. The topological polar surface area (TPSA) is 21.3 Å². The van der Waals surface area contributed by atoms with Gasteiger partial charge in [-0.15, -0.1) is 0 Å². The highest BCUT2D eigenvalue weighted by Crippen LogP contribution is 2.22. The van der Waals surface area contributed by atoms with Crippen LogP contribution >= 0.6 is 0 Å². The first-order chi connectivity index (χ1) is 8.04. The number of methoxy groups -OCH3 is 1. The van der Waals surface area contributed by atoms with Gasteiger partial charge in [-0.1, -0.05) is 19.9 Å². The molecule has 1 aromatic carbocycles. The van der Waals surface area contributed by atoms with Crippen molar-refractivity contribution >= 4 is 0 Å². The molecule has 1 atom stereocenters. The first kappa shape index (κ1) is 14.0. The van der Waals surface area contributed by atoms with E-state index >= 15 is 0 Å². The molecule has 1 rings (SSSR count). The Kier molecular flexibility index (Phi) is 5.42. The Morgan fingerprint density at radius 2 is 2.00 bits per heavy atom. The molecule has 1 unspecified atom stereocenters. The third-order valence-corrected chi connectivity index (χ3v) is 2.85. The SMILES string of the molecule is COc1cc(C(C)NCCC(C)C)ccc1F. The molecule has 0 radical (unpaired) electrons. The number of halogens is 1. The van der Waals surface area contributed by atoms with E-state index in [9.17, 15) is 4.39 Å². The maximum atomic E-state index is 13.2. The molecule has 0 amide bonds. The van der Waals surface area contributed by atoms with Crippen LogP contribution in [-0.2, 0) is 0 Å². The van der Waals surface area contributed by atoms with Gasteiger partial charge in [0.05, 0.1) is 7.11 Å². The number of rotatable bonds is 6. The molecule has 0 aliphatic carbocycles. The number of hydrogen-bond donors (Lipinski definition) is 1. The molecule has 17 heavy (non-hydrogen) atoms. The summed E-state index contributed by atoms with van der Waals surface area (Å²) < 4.78 is 18.2. The highest BCUT2D eigenvalue weighted by atomic mass is 19.1. The summed E-state index contributed by atoms with van der Waals surface area (Å²) in [6.45, 7) is 7.45. The fourth-order valence-corrected chi connectivity index (χ4v) is 1.65. The van der Waals surface area contributed by atoms with Gasteiger partial charge in [0, 0.05) is 6.04 Å². The second-order valence-corrected chi connectivity index (χ2v) is 4.75. The number of benzene rings is 1. The number of ether oxygens (including phenoxy) is 1. The Labute approximate surface area is 103 Å². The van der Waals surface area contributed by atoms with Crippen LogP contribution in [0.15, 0.2) is 18.2 Å². The van der Waals surface area contributed by atoms with Gasteiger partial charge in [0.15, 0.2) is 11.6 Å². The van der Waals surface area contributed by atoms with Gasteiger partial charge >= 0.3 is 0 Å². The largest absolute Gasteiger partial charge is 0.494 e. The second kappa shape index (κ2) is 6.60. The summed E-state index contributed by atoms with van der Waals surface area (Å²) >= 11 is 0. The fraction of sp³-hybridized carbons (Fsp3) is 0.571. The van der Waals surface area contributed by atoms with Crippen molar-refractivity contribution in [3.63, 3.8) is 0 Å². The molecule has 1 N–H and O–H groups in total. The van der Waals surface area contributed by atoms with Crippen molar-refractivity contribution in [1.29, 1.82) is 0 Å². The molecular formula is C14H22FNO. The Bertz CT molecular complexity index is 352. The van der Waals surface area contributed by atoms with E-state index in [-0.39, 0.29) is 11.9 Å². The van der Waals surface area contributed by atoms with Crippen LogP contribution in [0.25, 0.3) is 0 Å². The Morgan fingerprint density at radius 1 is 1.29 bits per heavy atom. The van der Waals surface area contributed by atoms with Crippen LogP contribution in [0, 0.1) is 11.7 Å². The van der Waals surface area contributed by atoms with Gasteiger partial charge in [0.25, 0.3) is 0 Å². The van der Waals surface area contributed by atoms with Crippen LogP contribution < -0.4 is 10.1 Å². The highest BCUT2D eigenvalue weighted by Gasteiger charge is 2.09. The molecule has 1 aromatic rings. The lowest BCUT2D eigenvalue weighted by atomic mass is 10.1. The van der Waals surface area contributed by atoms with E-state index in [1.54, 1.807) is 12.1 Å². The maximum absolute atomic E-state index is 13.2. The van der Waals surface area contributed by atoms with E-state index in [4.69, 9.17) is 4.74 Å². The smallest absolute Gasteiger partial charge is 0.165 e. The number of hydrogen-bond acceptors (Lipinski definition) is 2. The molecule has 0 saturated heterocycles. The molecule has 3 heteroatoms. The Balaban J connectivity index is 2.59. The zero-order valence-electron chi connectivity index (χ0n) is 11.1. The Morgan fingerprint density at radius 3 is 2.59 bits per heavy atom.